The topological polar surface area (TPSA) is 47.3 Å². The van der Waals surface area contributed by atoms with Crippen molar-refractivity contribution in [3.8, 4) is 5.75 Å². The third kappa shape index (κ3) is 3.56. The maximum atomic E-state index is 5.65. The van der Waals surface area contributed by atoms with Crippen molar-refractivity contribution >= 4 is 11.3 Å². The molecule has 0 bridgehead atoms. The van der Waals surface area contributed by atoms with Crippen molar-refractivity contribution in [1.82, 2.24) is 5.43 Å². The van der Waals surface area contributed by atoms with Gasteiger partial charge in [-0.05, 0) is 23.6 Å². The predicted molar refractivity (Wildman–Crippen MR) is 70.9 cm³/mol. The van der Waals surface area contributed by atoms with Crippen LogP contribution in [0.2, 0.25) is 0 Å². The zero-order chi connectivity index (χ0) is 11.9. The SMILES string of the molecule is NNC(CCOc1ccccc1)c1cccs1. The van der Waals surface area contributed by atoms with E-state index >= 15 is 0 Å². The maximum absolute atomic E-state index is 5.65. The molecule has 4 heteroatoms. The lowest BCUT2D eigenvalue weighted by Crippen LogP contribution is -2.28. The number of nitrogens with one attached hydrogen (secondary N) is 1. The summed E-state index contributed by atoms with van der Waals surface area (Å²) >= 11 is 1.70. The molecule has 3 N–H and O–H groups in total. The first-order valence-electron chi connectivity index (χ1n) is 5.57. The van der Waals surface area contributed by atoms with Crippen molar-refractivity contribution in [2.24, 2.45) is 5.84 Å². The summed E-state index contributed by atoms with van der Waals surface area (Å²) in [6.45, 7) is 0.650. The van der Waals surface area contributed by atoms with Crippen LogP contribution in [0, 0.1) is 0 Å². The van der Waals surface area contributed by atoms with Crippen molar-refractivity contribution in [1.29, 1.82) is 0 Å². The third-order valence-corrected chi connectivity index (χ3v) is 3.49. The van der Waals surface area contributed by atoms with Gasteiger partial charge < -0.3 is 4.74 Å². The Morgan fingerprint density at radius 3 is 2.65 bits per heavy atom. The Morgan fingerprint density at radius 2 is 2.00 bits per heavy atom. The minimum Gasteiger partial charge on any atom is -0.494 e. The molecule has 0 fully saturated rings. The summed E-state index contributed by atoms with van der Waals surface area (Å²) in [6.07, 6.45) is 0.853. The second-order valence-corrected chi connectivity index (χ2v) is 4.66. The van der Waals surface area contributed by atoms with Gasteiger partial charge in [-0.25, -0.2) is 0 Å². The van der Waals surface area contributed by atoms with Gasteiger partial charge in [-0.2, -0.15) is 0 Å². The van der Waals surface area contributed by atoms with E-state index in [2.05, 4.69) is 16.9 Å². The molecule has 1 unspecified atom stereocenters. The van der Waals surface area contributed by atoms with E-state index in [1.165, 1.54) is 4.88 Å². The number of thiophene rings is 1. The lowest BCUT2D eigenvalue weighted by Gasteiger charge is -2.14. The maximum Gasteiger partial charge on any atom is 0.119 e. The molecule has 1 aromatic carbocycles. The molecule has 1 atom stereocenters. The molecule has 0 spiro atoms. The summed E-state index contributed by atoms with van der Waals surface area (Å²) in [6, 6.07) is 14.1. The van der Waals surface area contributed by atoms with Gasteiger partial charge in [0.2, 0.25) is 0 Å². The molecular weight excluding hydrogens is 232 g/mol. The summed E-state index contributed by atoms with van der Waals surface area (Å²) in [5.41, 5.74) is 2.82. The Bertz CT molecular complexity index is 416. The Labute approximate surface area is 105 Å². The van der Waals surface area contributed by atoms with E-state index in [-0.39, 0.29) is 6.04 Å². The second-order valence-electron chi connectivity index (χ2n) is 3.68. The molecule has 1 heterocycles. The summed E-state index contributed by atoms with van der Waals surface area (Å²) in [4.78, 5) is 1.24. The number of ether oxygens (including phenoxy) is 1. The van der Waals surface area contributed by atoms with Crippen LogP contribution in [-0.4, -0.2) is 6.61 Å². The fraction of sp³-hybridized carbons (Fsp3) is 0.231. The summed E-state index contributed by atoms with van der Waals surface area (Å²) < 4.78 is 5.65. The molecule has 0 aliphatic rings. The zero-order valence-electron chi connectivity index (χ0n) is 9.50. The fourth-order valence-corrected chi connectivity index (χ4v) is 2.43. The number of hydrogen-bond donors (Lipinski definition) is 2. The highest BCUT2D eigenvalue weighted by molar-refractivity contribution is 7.10. The molecule has 1 aromatic heterocycles. The molecule has 0 saturated heterocycles. The number of hydrazine groups is 1. The Hall–Kier alpha value is -1.36. The van der Waals surface area contributed by atoms with E-state index in [0.717, 1.165) is 12.2 Å². The van der Waals surface area contributed by atoms with Gasteiger partial charge in [0.15, 0.2) is 0 Å². The van der Waals surface area contributed by atoms with Crippen LogP contribution in [0.25, 0.3) is 0 Å². The quantitative estimate of drug-likeness (QED) is 0.610. The van der Waals surface area contributed by atoms with E-state index in [4.69, 9.17) is 10.6 Å². The molecule has 2 rings (SSSR count). The van der Waals surface area contributed by atoms with E-state index < -0.39 is 0 Å². The molecule has 17 heavy (non-hydrogen) atoms. The highest BCUT2D eigenvalue weighted by atomic mass is 32.1. The molecule has 0 aliphatic carbocycles. The lowest BCUT2D eigenvalue weighted by molar-refractivity contribution is 0.288. The molecule has 3 nitrogen and oxygen atoms in total. The van der Waals surface area contributed by atoms with Crippen LogP contribution in [0.1, 0.15) is 17.3 Å². The number of benzene rings is 1. The standard InChI is InChI=1S/C13H16N2OS/c14-15-12(13-7-4-10-17-13)8-9-16-11-5-2-1-3-6-11/h1-7,10,12,15H,8-9,14H2. The number of nitrogens with two attached hydrogens (primary N) is 1. The summed E-state index contributed by atoms with van der Waals surface area (Å²) in [5, 5.41) is 2.05. The Kier molecular flexibility index (Phi) is 4.55. The van der Waals surface area contributed by atoms with Crippen LogP contribution in [0.3, 0.4) is 0 Å². The summed E-state index contributed by atoms with van der Waals surface area (Å²) in [5.74, 6) is 6.44. The monoisotopic (exact) mass is 248 g/mol. The smallest absolute Gasteiger partial charge is 0.119 e. The van der Waals surface area contributed by atoms with Gasteiger partial charge in [0, 0.05) is 11.3 Å². The van der Waals surface area contributed by atoms with Crippen LogP contribution >= 0.6 is 11.3 Å². The van der Waals surface area contributed by atoms with Crippen molar-refractivity contribution in [2.45, 2.75) is 12.5 Å². The number of hydrogen-bond acceptors (Lipinski definition) is 4. The highest BCUT2D eigenvalue weighted by Gasteiger charge is 2.10. The summed E-state index contributed by atoms with van der Waals surface area (Å²) in [7, 11) is 0. The minimum atomic E-state index is 0.165. The Morgan fingerprint density at radius 1 is 1.18 bits per heavy atom. The van der Waals surface area contributed by atoms with Crippen molar-refractivity contribution in [3.63, 3.8) is 0 Å². The largest absolute Gasteiger partial charge is 0.494 e. The van der Waals surface area contributed by atoms with Gasteiger partial charge in [-0.1, -0.05) is 24.3 Å². The van der Waals surface area contributed by atoms with Crippen LogP contribution in [0.5, 0.6) is 5.75 Å². The average molecular weight is 248 g/mol. The molecule has 0 amide bonds. The van der Waals surface area contributed by atoms with Gasteiger partial charge >= 0.3 is 0 Å². The van der Waals surface area contributed by atoms with Gasteiger partial charge in [0.25, 0.3) is 0 Å². The average Bonchev–Trinajstić information content (AvgIpc) is 2.90. The van der Waals surface area contributed by atoms with Gasteiger partial charge in [0.1, 0.15) is 5.75 Å². The molecule has 0 radical (unpaired) electrons. The van der Waals surface area contributed by atoms with Crippen LogP contribution in [-0.2, 0) is 0 Å². The first-order chi connectivity index (χ1) is 8.40. The fourth-order valence-electron chi connectivity index (χ4n) is 1.61. The van der Waals surface area contributed by atoms with E-state index in [0.29, 0.717) is 6.61 Å². The molecule has 0 saturated carbocycles. The van der Waals surface area contributed by atoms with Gasteiger partial charge in [-0.15, -0.1) is 11.3 Å². The Balaban J connectivity index is 1.81. The first-order valence-corrected chi connectivity index (χ1v) is 6.45. The van der Waals surface area contributed by atoms with Crippen LogP contribution in [0.15, 0.2) is 47.8 Å². The third-order valence-electron chi connectivity index (χ3n) is 2.51. The highest BCUT2D eigenvalue weighted by Crippen LogP contribution is 2.21. The molecule has 0 aliphatic heterocycles. The first kappa shape index (κ1) is 12.1. The predicted octanol–water partition coefficient (Wildman–Crippen LogP) is 2.72. The lowest BCUT2D eigenvalue weighted by atomic mass is 10.2. The van der Waals surface area contributed by atoms with E-state index in [9.17, 15) is 0 Å². The molecular formula is C13H16N2OS. The van der Waals surface area contributed by atoms with E-state index in [1.807, 2.05) is 36.4 Å². The van der Waals surface area contributed by atoms with Crippen LogP contribution < -0.4 is 16.0 Å². The molecule has 90 valence electrons. The van der Waals surface area contributed by atoms with Crippen LogP contribution in [0.4, 0.5) is 0 Å². The molecule has 2 aromatic rings. The second kappa shape index (κ2) is 6.39. The number of para-hydroxylation sites is 1. The number of rotatable bonds is 6. The van der Waals surface area contributed by atoms with Crippen molar-refractivity contribution in [3.05, 3.63) is 52.7 Å². The van der Waals surface area contributed by atoms with Crippen molar-refractivity contribution in [2.75, 3.05) is 6.61 Å². The van der Waals surface area contributed by atoms with Gasteiger partial charge in [-0.3, -0.25) is 11.3 Å². The van der Waals surface area contributed by atoms with E-state index in [1.54, 1.807) is 11.3 Å². The van der Waals surface area contributed by atoms with Crippen molar-refractivity contribution < 1.29 is 4.74 Å². The zero-order valence-corrected chi connectivity index (χ0v) is 10.3. The van der Waals surface area contributed by atoms with Gasteiger partial charge in [0.05, 0.1) is 12.6 Å². The normalized spacial score (nSPS) is 12.3. The minimum absolute atomic E-state index is 0.165.